The van der Waals surface area contributed by atoms with Gasteiger partial charge in [0.2, 0.25) is 10.0 Å². The number of benzene rings is 2. The van der Waals surface area contributed by atoms with Crippen LogP contribution in [0.25, 0.3) is 0 Å². The highest BCUT2D eigenvalue weighted by atomic mass is 32.2. The third-order valence-corrected chi connectivity index (χ3v) is 9.01. The number of carbonyl (C=O) groups is 2. The molecule has 9 nitrogen and oxygen atoms in total. The number of hydrogen-bond donors (Lipinski definition) is 2. The second-order valence-electron chi connectivity index (χ2n) is 9.63. The number of anilines is 1. The molecule has 1 aliphatic heterocycles. The maximum Gasteiger partial charge on any atom is 0.319 e. The lowest BCUT2D eigenvalue weighted by Crippen LogP contribution is -2.40. The van der Waals surface area contributed by atoms with Gasteiger partial charge in [-0.25, -0.2) is 17.5 Å². The molecule has 10 heteroatoms. The Kier molecular flexibility index (Phi) is 9.29. The van der Waals surface area contributed by atoms with Gasteiger partial charge >= 0.3 is 6.03 Å². The summed E-state index contributed by atoms with van der Waals surface area (Å²) in [6.45, 7) is 6.64. The van der Waals surface area contributed by atoms with E-state index in [1.54, 1.807) is 32.0 Å². The maximum absolute atomic E-state index is 13.2. The predicted octanol–water partition coefficient (Wildman–Crippen LogP) is 3.68. The predicted molar refractivity (Wildman–Crippen MR) is 144 cm³/mol. The van der Waals surface area contributed by atoms with Crippen molar-refractivity contribution in [1.82, 2.24) is 14.5 Å². The Bertz CT molecular complexity index is 1260. The van der Waals surface area contributed by atoms with E-state index in [1.165, 1.54) is 16.9 Å². The van der Waals surface area contributed by atoms with Gasteiger partial charge in [0.05, 0.1) is 16.9 Å². The summed E-state index contributed by atoms with van der Waals surface area (Å²) in [6.07, 6.45) is 1.69. The molecule has 37 heavy (non-hydrogen) atoms. The zero-order chi connectivity index (χ0) is 27.2. The monoisotopic (exact) mass is 525 g/mol. The summed E-state index contributed by atoms with van der Waals surface area (Å²) in [5, 5.41) is 13.9. The van der Waals surface area contributed by atoms with Gasteiger partial charge in [-0.1, -0.05) is 18.2 Å². The largest absolute Gasteiger partial charge is 0.339 e. The van der Waals surface area contributed by atoms with Gasteiger partial charge in [-0.3, -0.25) is 4.79 Å². The van der Waals surface area contributed by atoms with Crippen molar-refractivity contribution in [3.05, 3.63) is 64.7 Å². The Morgan fingerprint density at radius 2 is 1.78 bits per heavy atom. The number of nitrogens with zero attached hydrogens (tertiary/aromatic N) is 3. The minimum absolute atomic E-state index is 0.0812. The van der Waals surface area contributed by atoms with Crippen LogP contribution in [0, 0.1) is 18.3 Å². The third-order valence-electron chi connectivity index (χ3n) is 6.77. The van der Waals surface area contributed by atoms with Gasteiger partial charge < -0.3 is 15.5 Å². The molecule has 3 rings (SSSR count). The molecular formula is C27H35N5O4S. The number of carbonyl (C=O) groups excluding carboxylic acids is 2. The lowest BCUT2D eigenvalue weighted by atomic mass is 9.89. The number of sulfonamides is 1. The number of likely N-dealkylation sites (tertiary alicyclic amines) is 1. The summed E-state index contributed by atoms with van der Waals surface area (Å²) in [4.78, 5) is 27.4. The van der Waals surface area contributed by atoms with Gasteiger partial charge in [-0.15, -0.1) is 0 Å². The molecule has 0 saturated carbocycles. The molecule has 1 aliphatic rings. The Labute approximate surface area is 219 Å². The zero-order valence-corrected chi connectivity index (χ0v) is 22.6. The highest BCUT2D eigenvalue weighted by molar-refractivity contribution is 7.89. The topological polar surface area (TPSA) is 123 Å². The molecule has 1 saturated heterocycles. The molecule has 2 aromatic rings. The molecule has 0 aliphatic carbocycles. The summed E-state index contributed by atoms with van der Waals surface area (Å²) in [6, 6.07) is 14.6. The van der Waals surface area contributed by atoms with E-state index >= 15 is 0 Å². The summed E-state index contributed by atoms with van der Waals surface area (Å²) in [5.41, 5.74) is 3.66. The Balaban J connectivity index is 1.55. The fourth-order valence-corrected chi connectivity index (χ4v) is 5.36. The van der Waals surface area contributed by atoms with Crippen LogP contribution in [0.5, 0.6) is 0 Å². The molecule has 1 fully saturated rings. The number of hydrogen-bond acceptors (Lipinski definition) is 5. The second-order valence-corrected chi connectivity index (χ2v) is 12.2. The number of piperidine rings is 1. The molecule has 1 heterocycles. The average molecular weight is 526 g/mol. The molecule has 198 valence electrons. The Morgan fingerprint density at radius 1 is 1.14 bits per heavy atom. The van der Waals surface area contributed by atoms with Crippen LogP contribution in [0.3, 0.4) is 0 Å². The van der Waals surface area contributed by atoms with E-state index in [4.69, 9.17) is 5.26 Å². The van der Waals surface area contributed by atoms with Crippen molar-refractivity contribution in [2.75, 3.05) is 38.5 Å². The van der Waals surface area contributed by atoms with E-state index in [-0.39, 0.29) is 19.0 Å². The number of likely N-dealkylation sites (N-methyl/N-ethyl adjacent to an activating group) is 1. The minimum atomic E-state index is -3.38. The Hall–Kier alpha value is -3.42. The summed E-state index contributed by atoms with van der Waals surface area (Å²) < 4.78 is 25.5. The van der Waals surface area contributed by atoms with Gasteiger partial charge in [0.25, 0.3) is 5.91 Å². The SMILES string of the molecule is Cc1ccc(C(=O)N2CCC(c3ccc(C#N)cc3)CC2)cc1NC(=O)NCCN(C)S(=O)(=O)C(C)C. The van der Waals surface area contributed by atoms with Crippen LogP contribution in [0.1, 0.15) is 59.7 Å². The normalized spacial score (nSPS) is 14.5. The fourth-order valence-electron chi connectivity index (χ4n) is 4.30. The van der Waals surface area contributed by atoms with Gasteiger partial charge in [-0.2, -0.15) is 5.26 Å². The maximum atomic E-state index is 13.2. The van der Waals surface area contributed by atoms with Crippen molar-refractivity contribution in [2.45, 2.75) is 44.8 Å². The van der Waals surface area contributed by atoms with Crippen LogP contribution >= 0.6 is 0 Å². The van der Waals surface area contributed by atoms with E-state index in [1.807, 2.05) is 36.1 Å². The number of aryl methyl sites for hydroxylation is 1. The zero-order valence-electron chi connectivity index (χ0n) is 21.8. The van der Waals surface area contributed by atoms with E-state index in [2.05, 4.69) is 16.7 Å². The molecule has 2 N–H and O–H groups in total. The molecule has 3 amide bonds. The van der Waals surface area contributed by atoms with Crippen molar-refractivity contribution in [3.63, 3.8) is 0 Å². The van der Waals surface area contributed by atoms with E-state index in [9.17, 15) is 18.0 Å². The summed E-state index contributed by atoms with van der Waals surface area (Å²) >= 11 is 0. The van der Waals surface area contributed by atoms with Crippen LogP contribution in [-0.2, 0) is 10.0 Å². The van der Waals surface area contributed by atoms with Crippen molar-refractivity contribution in [2.24, 2.45) is 0 Å². The number of nitrogens with one attached hydrogen (secondary N) is 2. The highest BCUT2D eigenvalue weighted by Crippen LogP contribution is 2.29. The standard InChI is InChI=1S/C27H35N5O4S/c1-19(2)37(35,36)31(4)16-13-29-27(34)30-25-17-24(8-5-20(25)3)26(33)32-14-11-23(12-15-32)22-9-6-21(18-28)7-10-22/h5-10,17,19,23H,11-16H2,1-4H3,(H2,29,30,34). The first kappa shape index (κ1) is 28.2. The average Bonchev–Trinajstić information content (AvgIpc) is 2.89. The first-order valence-electron chi connectivity index (χ1n) is 12.4. The molecule has 0 bridgehead atoms. The van der Waals surface area contributed by atoms with Crippen molar-refractivity contribution < 1.29 is 18.0 Å². The van der Waals surface area contributed by atoms with Crippen molar-refractivity contribution >= 4 is 27.6 Å². The molecule has 0 radical (unpaired) electrons. The van der Waals surface area contributed by atoms with Crippen LogP contribution in [0.4, 0.5) is 10.5 Å². The molecular weight excluding hydrogens is 490 g/mol. The van der Waals surface area contributed by atoms with Crippen molar-refractivity contribution in [1.29, 1.82) is 5.26 Å². The van der Waals surface area contributed by atoms with Gasteiger partial charge in [0, 0.05) is 44.5 Å². The number of amides is 3. The van der Waals surface area contributed by atoms with E-state index < -0.39 is 21.3 Å². The van der Waals surface area contributed by atoms with Crippen molar-refractivity contribution in [3.8, 4) is 6.07 Å². The minimum Gasteiger partial charge on any atom is -0.339 e. The van der Waals surface area contributed by atoms with Gasteiger partial charge in [0.15, 0.2) is 0 Å². The fraction of sp³-hybridized carbons (Fsp3) is 0.444. The Morgan fingerprint density at radius 3 is 2.38 bits per heavy atom. The van der Waals surface area contributed by atoms with Crippen LogP contribution < -0.4 is 10.6 Å². The van der Waals surface area contributed by atoms with Gasteiger partial charge in [0.1, 0.15) is 0 Å². The molecule has 2 aromatic carbocycles. The molecule has 0 unspecified atom stereocenters. The smallest absolute Gasteiger partial charge is 0.319 e. The molecule has 0 aromatic heterocycles. The lowest BCUT2D eigenvalue weighted by Gasteiger charge is -2.32. The second kappa shape index (κ2) is 12.2. The lowest BCUT2D eigenvalue weighted by molar-refractivity contribution is 0.0713. The van der Waals surface area contributed by atoms with E-state index in [0.717, 1.165) is 18.4 Å². The third kappa shape index (κ3) is 7.08. The van der Waals surface area contributed by atoms with Gasteiger partial charge in [-0.05, 0) is 74.9 Å². The van der Waals surface area contributed by atoms with Crippen LogP contribution in [0.2, 0.25) is 0 Å². The number of nitriles is 1. The quantitative estimate of drug-likeness (QED) is 0.544. The summed E-state index contributed by atoms with van der Waals surface area (Å²) in [5.74, 6) is 0.271. The van der Waals surface area contributed by atoms with Crippen LogP contribution in [0.15, 0.2) is 42.5 Å². The first-order chi connectivity index (χ1) is 17.5. The molecule has 0 atom stereocenters. The number of rotatable bonds is 8. The van der Waals surface area contributed by atoms with E-state index in [0.29, 0.717) is 35.8 Å². The number of urea groups is 1. The highest BCUT2D eigenvalue weighted by Gasteiger charge is 2.25. The molecule has 0 spiro atoms. The van der Waals surface area contributed by atoms with Crippen LogP contribution in [-0.4, -0.2) is 68.0 Å². The summed E-state index contributed by atoms with van der Waals surface area (Å²) in [7, 11) is -1.89. The first-order valence-corrected chi connectivity index (χ1v) is 13.9.